The van der Waals surface area contributed by atoms with Gasteiger partial charge in [0.15, 0.2) is 0 Å². The molecule has 0 radical (unpaired) electrons. The smallest absolute Gasteiger partial charge is 0.243 e. The second kappa shape index (κ2) is 7.11. The van der Waals surface area contributed by atoms with Crippen LogP contribution in [0.4, 0.5) is 0 Å². The quantitative estimate of drug-likeness (QED) is 0.815. The fraction of sp³-hybridized carbons (Fsp3) is 0.474. The Kier molecular flexibility index (Phi) is 5.11. The number of hydrogen-bond acceptors (Lipinski definition) is 3. The van der Waals surface area contributed by atoms with Gasteiger partial charge in [0.05, 0.1) is 11.5 Å². The lowest BCUT2D eigenvalue weighted by Crippen LogP contribution is -2.41. The maximum absolute atomic E-state index is 13.2. The number of nitrogens with zero attached hydrogens (tertiary/aromatic N) is 1. The SMILES string of the molecule is CCCOc1ccc(S(=O)(=O)N2CCCCC2C)c2ccccc12. The summed E-state index contributed by atoms with van der Waals surface area (Å²) >= 11 is 0. The molecule has 24 heavy (non-hydrogen) atoms. The molecule has 0 aromatic heterocycles. The number of hydrogen-bond donors (Lipinski definition) is 0. The number of fused-ring (bicyclic) bond motifs is 1. The summed E-state index contributed by atoms with van der Waals surface area (Å²) in [6.45, 7) is 5.28. The maximum atomic E-state index is 13.2. The third-order valence-electron chi connectivity index (χ3n) is 4.63. The molecule has 130 valence electrons. The van der Waals surface area contributed by atoms with Crippen LogP contribution in [0.3, 0.4) is 0 Å². The molecule has 2 aromatic carbocycles. The van der Waals surface area contributed by atoms with Gasteiger partial charge in [0.1, 0.15) is 5.75 Å². The summed E-state index contributed by atoms with van der Waals surface area (Å²) in [5, 5.41) is 1.60. The minimum Gasteiger partial charge on any atom is -0.493 e. The highest BCUT2D eigenvalue weighted by molar-refractivity contribution is 7.89. The van der Waals surface area contributed by atoms with E-state index < -0.39 is 10.0 Å². The zero-order chi connectivity index (χ0) is 17.2. The average Bonchev–Trinajstić information content (AvgIpc) is 2.59. The summed E-state index contributed by atoms with van der Waals surface area (Å²) in [6.07, 6.45) is 3.87. The van der Waals surface area contributed by atoms with Crippen LogP contribution >= 0.6 is 0 Å². The summed E-state index contributed by atoms with van der Waals surface area (Å²) in [7, 11) is -3.50. The molecule has 2 aromatic rings. The van der Waals surface area contributed by atoms with Crippen molar-refractivity contribution in [1.82, 2.24) is 4.31 Å². The van der Waals surface area contributed by atoms with Gasteiger partial charge in [-0.1, -0.05) is 37.6 Å². The Morgan fingerprint density at radius 1 is 1.12 bits per heavy atom. The van der Waals surface area contributed by atoms with E-state index in [-0.39, 0.29) is 6.04 Å². The first-order valence-electron chi connectivity index (χ1n) is 8.72. The summed E-state index contributed by atoms with van der Waals surface area (Å²) in [4.78, 5) is 0.385. The van der Waals surface area contributed by atoms with E-state index in [1.807, 2.05) is 31.2 Å². The third-order valence-corrected chi connectivity index (χ3v) is 6.71. The first kappa shape index (κ1) is 17.2. The van der Waals surface area contributed by atoms with E-state index in [4.69, 9.17) is 4.74 Å². The highest BCUT2D eigenvalue weighted by Crippen LogP contribution is 2.34. The lowest BCUT2D eigenvalue weighted by Gasteiger charge is -2.32. The minimum atomic E-state index is -3.50. The Bertz CT molecular complexity index is 816. The van der Waals surface area contributed by atoms with Gasteiger partial charge in [-0.05, 0) is 38.3 Å². The van der Waals surface area contributed by atoms with Crippen molar-refractivity contribution in [3.63, 3.8) is 0 Å². The molecule has 0 N–H and O–H groups in total. The first-order chi connectivity index (χ1) is 11.6. The van der Waals surface area contributed by atoms with Gasteiger partial charge in [-0.2, -0.15) is 4.31 Å². The monoisotopic (exact) mass is 347 g/mol. The van der Waals surface area contributed by atoms with E-state index in [1.54, 1.807) is 16.4 Å². The second-order valence-electron chi connectivity index (χ2n) is 6.42. The van der Waals surface area contributed by atoms with Crippen LogP contribution in [0.1, 0.15) is 39.5 Å². The van der Waals surface area contributed by atoms with Gasteiger partial charge in [-0.25, -0.2) is 8.42 Å². The van der Waals surface area contributed by atoms with E-state index in [0.717, 1.165) is 42.2 Å². The van der Waals surface area contributed by atoms with Gasteiger partial charge < -0.3 is 4.74 Å². The number of piperidine rings is 1. The molecule has 0 bridgehead atoms. The van der Waals surface area contributed by atoms with Gasteiger partial charge in [-0.3, -0.25) is 0 Å². The van der Waals surface area contributed by atoms with Crippen molar-refractivity contribution < 1.29 is 13.2 Å². The van der Waals surface area contributed by atoms with Crippen LogP contribution in [0, 0.1) is 0 Å². The van der Waals surface area contributed by atoms with E-state index in [0.29, 0.717) is 18.0 Å². The lowest BCUT2D eigenvalue weighted by molar-refractivity contribution is 0.269. The Balaban J connectivity index is 2.09. The molecule has 1 fully saturated rings. The molecule has 1 unspecified atom stereocenters. The molecule has 5 heteroatoms. The molecule has 0 spiro atoms. The van der Waals surface area contributed by atoms with Crippen LogP contribution in [0.15, 0.2) is 41.3 Å². The normalized spacial score (nSPS) is 19.5. The van der Waals surface area contributed by atoms with Crippen molar-refractivity contribution >= 4 is 20.8 Å². The van der Waals surface area contributed by atoms with E-state index >= 15 is 0 Å². The Morgan fingerprint density at radius 2 is 1.88 bits per heavy atom. The lowest BCUT2D eigenvalue weighted by atomic mass is 10.1. The molecule has 0 saturated carbocycles. The number of benzene rings is 2. The van der Waals surface area contributed by atoms with Crippen molar-refractivity contribution in [2.75, 3.05) is 13.2 Å². The highest BCUT2D eigenvalue weighted by Gasteiger charge is 2.32. The van der Waals surface area contributed by atoms with Gasteiger partial charge in [0.2, 0.25) is 10.0 Å². The van der Waals surface area contributed by atoms with Gasteiger partial charge in [0, 0.05) is 23.4 Å². The van der Waals surface area contributed by atoms with Crippen LogP contribution in [0.2, 0.25) is 0 Å². The Labute approximate surface area is 144 Å². The number of sulfonamides is 1. The third kappa shape index (κ3) is 3.15. The molecule has 0 amide bonds. The van der Waals surface area contributed by atoms with Crippen molar-refractivity contribution in [3.05, 3.63) is 36.4 Å². The van der Waals surface area contributed by atoms with E-state index in [9.17, 15) is 8.42 Å². The molecule has 0 aliphatic carbocycles. The molecule has 1 saturated heterocycles. The zero-order valence-electron chi connectivity index (χ0n) is 14.4. The van der Waals surface area contributed by atoms with Gasteiger partial charge in [-0.15, -0.1) is 0 Å². The Morgan fingerprint density at radius 3 is 2.58 bits per heavy atom. The minimum absolute atomic E-state index is 0.0542. The fourth-order valence-electron chi connectivity index (χ4n) is 3.36. The predicted octanol–water partition coefficient (Wildman–Crippen LogP) is 4.19. The molecular weight excluding hydrogens is 322 g/mol. The van der Waals surface area contributed by atoms with Crippen molar-refractivity contribution in [1.29, 1.82) is 0 Å². The summed E-state index contributed by atoms with van der Waals surface area (Å²) in [6, 6.07) is 11.1. The van der Waals surface area contributed by atoms with E-state index in [2.05, 4.69) is 6.92 Å². The van der Waals surface area contributed by atoms with Crippen molar-refractivity contribution in [2.45, 2.75) is 50.5 Å². The molecule has 4 nitrogen and oxygen atoms in total. The summed E-state index contributed by atoms with van der Waals surface area (Å²) in [5.41, 5.74) is 0. The Hall–Kier alpha value is -1.59. The van der Waals surface area contributed by atoms with Gasteiger partial charge in [0.25, 0.3) is 0 Å². The van der Waals surface area contributed by atoms with Crippen LogP contribution in [-0.2, 0) is 10.0 Å². The van der Waals surface area contributed by atoms with Crippen LogP contribution in [-0.4, -0.2) is 31.9 Å². The van der Waals surface area contributed by atoms with E-state index in [1.165, 1.54) is 0 Å². The largest absolute Gasteiger partial charge is 0.493 e. The van der Waals surface area contributed by atoms with Crippen molar-refractivity contribution in [2.24, 2.45) is 0 Å². The van der Waals surface area contributed by atoms with Crippen LogP contribution in [0.5, 0.6) is 5.75 Å². The molecular formula is C19H25NO3S. The number of rotatable bonds is 5. The maximum Gasteiger partial charge on any atom is 0.243 e. The number of ether oxygens (including phenoxy) is 1. The molecule has 1 heterocycles. The zero-order valence-corrected chi connectivity index (χ0v) is 15.2. The van der Waals surface area contributed by atoms with Crippen LogP contribution < -0.4 is 4.74 Å². The fourth-order valence-corrected chi connectivity index (χ4v) is 5.26. The standard InChI is InChI=1S/C19H25NO3S/c1-3-14-23-18-11-12-19(17-10-5-4-9-16(17)18)24(21,22)20-13-7-6-8-15(20)2/h4-5,9-12,15H,3,6-8,13-14H2,1-2H3. The molecule has 3 rings (SSSR count). The summed E-state index contributed by atoms with van der Waals surface area (Å²) < 4.78 is 33.9. The molecule has 1 atom stereocenters. The topological polar surface area (TPSA) is 46.6 Å². The van der Waals surface area contributed by atoms with Gasteiger partial charge >= 0.3 is 0 Å². The van der Waals surface area contributed by atoms with Crippen LogP contribution in [0.25, 0.3) is 10.8 Å². The average molecular weight is 347 g/mol. The van der Waals surface area contributed by atoms with Crippen molar-refractivity contribution in [3.8, 4) is 5.75 Å². The molecule has 1 aliphatic rings. The highest BCUT2D eigenvalue weighted by atomic mass is 32.2. The predicted molar refractivity (Wildman–Crippen MR) is 96.9 cm³/mol. The summed E-state index contributed by atoms with van der Waals surface area (Å²) in [5.74, 6) is 0.748. The molecule has 1 aliphatic heterocycles. The second-order valence-corrected chi connectivity index (χ2v) is 8.28. The first-order valence-corrected chi connectivity index (χ1v) is 10.2.